The lowest BCUT2D eigenvalue weighted by Crippen LogP contribution is -2.40. The van der Waals surface area contributed by atoms with Crippen LogP contribution < -0.4 is 10.2 Å². The molecular weight excluding hydrogens is 509 g/mol. The first-order valence-corrected chi connectivity index (χ1v) is 11.2. The number of para-hydroxylation sites is 1. The van der Waals surface area contributed by atoms with Crippen LogP contribution in [0.25, 0.3) is 0 Å². The van der Waals surface area contributed by atoms with Gasteiger partial charge < -0.3 is 19.9 Å². The van der Waals surface area contributed by atoms with E-state index in [0.29, 0.717) is 6.04 Å². The molecule has 166 valence electrons. The molecule has 0 saturated heterocycles. The van der Waals surface area contributed by atoms with E-state index in [9.17, 15) is 0 Å². The van der Waals surface area contributed by atoms with E-state index in [1.807, 2.05) is 6.92 Å². The Hall–Kier alpha value is -1.39. The van der Waals surface area contributed by atoms with Crippen molar-refractivity contribution in [2.24, 2.45) is 4.99 Å². The molecule has 0 saturated carbocycles. The lowest BCUT2D eigenvalue weighted by atomic mass is 10.2. The second kappa shape index (κ2) is 11.9. The van der Waals surface area contributed by atoms with Crippen molar-refractivity contribution in [1.29, 1.82) is 0 Å². The van der Waals surface area contributed by atoms with Gasteiger partial charge in [0.15, 0.2) is 5.96 Å². The summed E-state index contributed by atoms with van der Waals surface area (Å²) in [5.41, 5.74) is 3.84. The van der Waals surface area contributed by atoms with E-state index in [0.717, 1.165) is 49.3 Å². The highest BCUT2D eigenvalue weighted by Gasteiger charge is 2.23. The predicted octanol–water partition coefficient (Wildman–Crippen LogP) is 4.32. The van der Waals surface area contributed by atoms with Gasteiger partial charge in [0.05, 0.1) is 18.8 Å². The van der Waals surface area contributed by atoms with Crippen LogP contribution in [-0.2, 0) is 17.7 Å². The number of anilines is 1. The topological polar surface area (TPSA) is 53.0 Å². The maximum atomic E-state index is 5.37. The number of halogens is 1. The zero-order valence-corrected chi connectivity index (χ0v) is 21.7. The summed E-state index contributed by atoms with van der Waals surface area (Å²) in [5, 5.41) is 6.54. The Balaban J connectivity index is 0.00000320. The van der Waals surface area contributed by atoms with E-state index in [2.05, 4.69) is 65.7 Å². The number of methoxy groups -OCH3 is 1. The molecule has 0 spiro atoms. The molecular formula is C22H34IN5OS. The predicted molar refractivity (Wildman–Crippen MR) is 137 cm³/mol. The number of fused-ring (bicyclic) bond motifs is 1. The standard InChI is InChI=1S/C22H33N5OS.HI/c1-6-23-22(26(4)14-19-15-29-21(25-19)17(3)28-5)24-13-16(2)27-12-11-18-9-7-8-10-20(18)27;/h7-10,15-17H,6,11-14H2,1-5H3,(H,23,24);1H. The van der Waals surface area contributed by atoms with Crippen molar-refractivity contribution in [3.63, 3.8) is 0 Å². The molecule has 2 aromatic rings. The van der Waals surface area contributed by atoms with Crippen LogP contribution in [0.4, 0.5) is 5.69 Å². The van der Waals surface area contributed by atoms with Crippen LogP contribution >= 0.6 is 35.3 Å². The Kier molecular flexibility index (Phi) is 9.83. The normalized spacial score (nSPS) is 15.4. The number of aromatic nitrogens is 1. The summed E-state index contributed by atoms with van der Waals surface area (Å²) in [6, 6.07) is 9.06. The van der Waals surface area contributed by atoms with Gasteiger partial charge in [0.2, 0.25) is 0 Å². The molecule has 2 unspecified atom stereocenters. The van der Waals surface area contributed by atoms with E-state index < -0.39 is 0 Å². The summed E-state index contributed by atoms with van der Waals surface area (Å²) in [6.07, 6.45) is 1.15. The number of ether oxygens (including phenoxy) is 1. The Morgan fingerprint density at radius 2 is 2.13 bits per heavy atom. The summed E-state index contributed by atoms with van der Waals surface area (Å²) < 4.78 is 5.37. The molecule has 2 atom stereocenters. The molecule has 1 aromatic carbocycles. The lowest BCUT2D eigenvalue weighted by molar-refractivity contribution is 0.119. The number of aliphatic imine (C=N–C) groups is 1. The minimum Gasteiger partial charge on any atom is -0.375 e. The minimum absolute atomic E-state index is 0. The first kappa shape index (κ1) is 24.9. The van der Waals surface area contributed by atoms with E-state index >= 15 is 0 Å². The third kappa shape index (κ3) is 6.07. The van der Waals surface area contributed by atoms with Crippen molar-refractivity contribution in [3.05, 3.63) is 45.9 Å². The SMILES string of the molecule is CCNC(=NCC(C)N1CCc2ccccc21)N(C)Cc1csc(C(C)OC)n1.I. The highest BCUT2D eigenvalue weighted by Crippen LogP contribution is 2.29. The molecule has 0 amide bonds. The number of hydrogen-bond acceptors (Lipinski definition) is 5. The molecule has 1 aromatic heterocycles. The maximum Gasteiger partial charge on any atom is 0.194 e. The monoisotopic (exact) mass is 543 g/mol. The van der Waals surface area contributed by atoms with Gasteiger partial charge in [0.25, 0.3) is 0 Å². The molecule has 6 nitrogen and oxygen atoms in total. The molecule has 3 rings (SSSR count). The third-order valence-corrected chi connectivity index (χ3v) is 6.38. The average molecular weight is 544 g/mol. The fraction of sp³-hybridized carbons (Fsp3) is 0.545. The minimum atomic E-state index is 0. The second-order valence-electron chi connectivity index (χ2n) is 7.53. The number of nitrogens with zero attached hydrogens (tertiary/aromatic N) is 4. The van der Waals surface area contributed by atoms with Crippen molar-refractivity contribution >= 4 is 47.0 Å². The Morgan fingerprint density at radius 1 is 1.37 bits per heavy atom. The van der Waals surface area contributed by atoms with E-state index in [1.54, 1.807) is 18.4 Å². The molecule has 30 heavy (non-hydrogen) atoms. The third-order valence-electron chi connectivity index (χ3n) is 5.33. The Labute approximate surface area is 201 Å². The lowest BCUT2D eigenvalue weighted by Gasteiger charge is -2.27. The second-order valence-corrected chi connectivity index (χ2v) is 8.42. The number of nitrogens with one attached hydrogen (secondary N) is 1. The summed E-state index contributed by atoms with van der Waals surface area (Å²) in [5.74, 6) is 0.918. The van der Waals surface area contributed by atoms with Gasteiger partial charge in [0.1, 0.15) is 11.1 Å². The van der Waals surface area contributed by atoms with Crippen molar-refractivity contribution in [1.82, 2.24) is 15.2 Å². The van der Waals surface area contributed by atoms with Crippen molar-refractivity contribution in [3.8, 4) is 0 Å². The molecule has 1 N–H and O–H groups in total. The first-order valence-electron chi connectivity index (χ1n) is 10.3. The van der Waals surface area contributed by atoms with Gasteiger partial charge in [-0.15, -0.1) is 35.3 Å². The Morgan fingerprint density at radius 3 is 2.87 bits per heavy atom. The van der Waals surface area contributed by atoms with Gasteiger partial charge >= 0.3 is 0 Å². The highest BCUT2D eigenvalue weighted by atomic mass is 127. The maximum absolute atomic E-state index is 5.37. The average Bonchev–Trinajstić information content (AvgIpc) is 3.37. The molecule has 0 aliphatic carbocycles. The van der Waals surface area contributed by atoms with Crippen LogP contribution in [0, 0.1) is 0 Å². The van der Waals surface area contributed by atoms with E-state index in [1.165, 1.54) is 11.3 Å². The number of hydrogen-bond donors (Lipinski definition) is 1. The zero-order chi connectivity index (χ0) is 20.8. The fourth-order valence-corrected chi connectivity index (χ4v) is 4.45. The van der Waals surface area contributed by atoms with Gasteiger partial charge in [-0.3, -0.25) is 4.99 Å². The Bertz CT molecular complexity index is 827. The van der Waals surface area contributed by atoms with Crippen LogP contribution in [0.2, 0.25) is 0 Å². The van der Waals surface area contributed by atoms with Gasteiger partial charge in [-0.2, -0.15) is 0 Å². The van der Waals surface area contributed by atoms with E-state index in [-0.39, 0.29) is 30.1 Å². The molecule has 1 aliphatic heterocycles. The van der Waals surface area contributed by atoms with Gasteiger partial charge in [-0.05, 0) is 38.8 Å². The van der Waals surface area contributed by atoms with Gasteiger partial charge in [-0.25, -0.2) is 4.98 Å². The number of rotatable bonds is 8. The number of benzene rings is 1. The highest BCUT2D eigenvalue weighted by molar-refractivity contribution is 14.0. The molecule has 0 fully saturated rings. The van der Waals surface area contributed by atoms with Crippen LogP contribution in [0.15, 0.2) is 34.6 Å². The zero-order valence-electron chi connectivity index (χ0n) is 18.6. The van der Waals surface area contributed by atoms with Crippen LogP contribution in [-0.4, -0.2) is 55.7 Å². The molecule has 1 aliphatic rings. The van der Waals surface area contributed by atoms with Crippen molar-refractivity contribution in [2.45, 2.75) is 45.9 Å². The van der Waals surface area contributed by atoms with Gasteiger partial charge in [-0.1, -0.05) is 18.2 Å². The fourth-order valence-electron chi connectivity index (χ4n) is 3.61. The van der Waals surface area contributed by atoms with Crippen LogP contribution in [0.1, 0.15) is 43.1 Å². The molecule has 0 bridgehead atoms. The van der Waals surface area contributed by atoms with Crippen LogP contribution in [0.5, 0.6) is 0 Å². The number of guanidine groups is 1. The number of thiazole rings is 1. The van der Waals surface area contributed by atoms with Gasteiger partial charge in [0, 0.05) is 44.4 Å². The van der Waals surface area contributed by atoms with E-state index in [4.69, 9.17) is 14.7 Å². The first-order chi connectivity index (χ1) is 14.0. The smallest absolute Gasteiger partial charge is 0.194 e. The summed E-state index contributed by atoms with van der Waals surface area (Å²) in [6.45, 7) is 9.77. The van der Waals surface area contributed by atoms with Crippen LogP contribution in [0.3, 0.4) is 0 Å². The molecule has 0 radical (unpaired) electrons. The van der Waals surface area contributed by atoms with Crippen molar-refractivity contribution in [2.75, 3.05) is 38.7 Å². The quantitative estimate of drug-likeness (QED) is 0.306. The van der Waals surface area contributed by atoms with Crippen molar-refractivity contribution < 1.29 is 4.74 Å². The molecule has 8 heteroatoms. The summed E-state index contributed by atoms with van der Waals surface area (Å²) in [4.78, 5) is 14.3. The summed E-state index contributed by atoms with van der Waals surface area (Å²) >= 11 is 1.65. The molecule has 2 heterocycles. The largest absolute Gasteiger partial charge is 0.375 e. The summed E-state index contributed by atoms with van der Waals surface area (Å²) in [7, 11) is 3.78.